The number of alkyl halides is 1. The molecule has 1 saturated carbocycles. The minimum atomic E-state index is -0.511. The second-order valence-corrected chi connectivity index (χ2v) is 9.80. The van der Waals surface area contributed by atoms with Gasteiger partial charge in [-0.3, -0.25) is 9.59 Å². The van der Waals surface area contributed by atoms with Crippen molar-refractivity contribution in [3.63, 3.8) is 0 Å². The molecule has 3 aliphatic rings. The van der Waals surface area contributed by atoms with Crippen LogP contribution in [-0.2, 0) is 14.3 Å². The van der Waals surface area contributed by atoms with Gasteiger partial charge in [0.2, 0.25) is 0 Å². The number of rotatable bonds is 8. The van der Waals surface area contributed by atoms with Crippen molar-refractivity contribution in [1.29, 1.82) is 0 Å². The minimum absolute atomic E-state index is 0.00656. The lowest BCUT2D eigenvalue weighted by molar-refractivity contribution is -0.135. The summed E-state index contributed by atoms with van der Waals surface area (Å²) in [5.41, 5.74) is 1.27. The lowest BCUT2D eigenvalue weighted by atomic mass is 9.77. The van der Waals surface area contributed by atoms with E-state index in [9.17, 15) is 9.59 Å². The van der Waals surface area contributed by atoms with E-state index in [0.29, 0.717) is 43.1 Å². The molecule has 2 heterocycles. The minimum Gasteiger partial charge on any atom is -0.493 e. The van der Waals surface area contributed by atoms with Gasteiger partial charge in [-0.2, -0.15) is 0 Å². The number of benzene rings is 1. The summed E-state index contributed by atoms with van der Waals surface area (Å²) in [5.74, 6) is 0.905. The van der Waals surface area contributed by atoms with E-state index in [2.05, 4.69) is 4.90 Å². The molecular weight excluding hydrogens is 444 g/mol. The van der Waals surface area contributed by atoms with Gasteiger partial charge in [-0.15, -0.1) is 11.6 Å². The van der Waals surface area contributed by atoms with Crippen molar-refractivity contribution < 1.29 is 23.8 Å². The summed E-state index contributed by atoms with van der Waals surface area (Å²) in [4.78, 5) is 31.1. The molecular formula is C25H33ClN2O5. The third-order valence-corrected chi connectivity index (χ3v) is 7.08. The number of carbonyl (C=O) groups is 2. The smallest absolute Gasteiger partial charge is 0.290 e. The highest BCUT2D eigenvalue weighted by molar-refractivity contribution is 6.21. The first-order chi connectivity index (χ1) is 15.8. The molecule has 33 heavy (non-hydrogen) atoms. The third-order valence-electron chi connectivity index (χ3n) is 6.69. The predicted octanol–water partition coefficient (Wildman–Crippen LogP) is 3.56. The van der Waals surface area contributed by atoms with E-state index in [1.807, 2.05) is 39.2 Å². The number of hydrogen-bond acceptors (Lipinski definition) is 6. The summed E-state index contributed by atoms with van der Waals surface area (Å²) in [6.45, 7) is 3.78. The summed E-state index contributed by atoms with van der Waals surface area (Å²) in [6, 6.07) is 5.10. The molecule has 7 nitrogen and oxygen atoms in total. The van der Waals surface area contributed by atoms with Crippen LogP contribution in [0.4, 0.5) is 0 Å². The van der Waals surface area contributed by atoms with Gasteiger partial charge in [0.15, 0.2) is 23.0 Å². The number of fused-ring (bicyclic) bond motifs is 1. The maximum absolute atomic E-state index is 13.7. The third kappa shape index (κ3) is 4.58. The summed E-state index contributed by atoms with van der Waals surface area (Å²) in [5, 5.41) is -0.0433. The number of methoxy groups -OCH3 is 1. The number of ketones is 1. The average molecular weight is 477 g/mol. The van der Waals surface area contributed by atoms with E-state index in [-0.39, 0.29) is 34.8 Å². The Kier molecular flexibility index (Phi) is 7.19. The van der Waals surface area contributed by atoms with Crippen LogP contribution in [-0.4, -0.2) is 73.9 Å². The van der Waals surface area contributed by atoms with Gasteiger partial charge in [-0.25, -0.2) is 0 Å². The Morgan fingerprint density at radius 1 is 1.21 bits per heavy atom. The van der Waals surface area contributed by atoms with Gasteiger partial charge in [-0.05, 0) is 70.9 Å². The molecule has 1 aromatic carbocycles. The van der Waals surface area contributed by atoms with Gasteiger partial charge in [-0.1, -0.05) is 6.07 Å². The molecule has 0 bridgehead atoms. The fourth-order valence-corrected chi connectivity index (χ4v) is 5.44. The molecule has 8 heteroatoms. The van der Waals surface area contributed by atoms with Crippen LogP contribution in [0.1, 0.15) is 44.2 Å². The number of amides is 1. The molecule has 1 amide bonds. The van der Waals surface area contributed by atoms with Crippen molar-refractivity contribution in [2.75, 3.05) is 40.9 Å². The normalized spacial score (nSPS) is 26.9. The van der Waals surface area contributed by atoms with Gasteiger partial charge >= 0.3 is 0 Å². The lowest BCUT2D eigenvalue weighted by Gasteiger charge is -2.37. The van der Waals surface area contributed by atoms with E-state index < -0.39 is 6.04 Å². The summed E-state index contributed by atoms with van der Waals surface area (Å²) < 4.78 is 17.4. The molecule has 1 aliphatic carbocycles. The summed E-state index contributed by atoms with van der Waals surface area (Å²) in [7, 11) is 5.59. The highest BCUT2D eigenvalue weighted by atomic mass is 35.5. The molecule has 180 valence electrons. The van der Waals surface area contributed by atoms with E-state index in [1.165, 1.54) is 0 Å². The van der Waals surface area contributed by atoms with Crippen LogP contribution in [0.25, 0.3) is 0 Å². The van der Waals surface area contributed by atoms with Crippen molar-refractivity contribution in [2.45, 2.75) is 50.1 Å². The number of Topliss-reactive ketones (excluding diaryl/α,β-unsaturated/α-hetero) is 1. The zero-order valence-electron chi connectivity index (χ0n) is 19.8. The number of nitrogens with zero attached hydrogens (tertiary/aromatic N) is 2. The van der Waals surface area contributed by atoms with Crippen molar-refractivity contribution in [3.8, 4) is 11.5 Å². The zero-order chi connectivity index (χ0) is 23.7. The average Bonchev–Trinajstić information content (AvgIpc) is 3.06. The Morgan fingerprint density at radius 2 is 2.00 bits per heavy atom. The number of halogens is 1. The highest BCUT2D eigenvalue weighted by Gasteiger charge is 2.52. The second kappa shape index (κ2) is 9.94. The van der Waals surface area contributed by atoms with Gasteiger partial charge < -0.3 is 24.0 Å². The van der Waals surface area contributed by atoms with Crippen LogP contribution < -0.4 is 9.47 Å². The molecule has 0 aromatic heterocycles. The first kappa shape index (κ1) is 23.9. The number of ether oxygens (including phenoxy) is 3. The molecule has 4 rings (SSSR count). The first-order valence-corrected chi connectivity index (χ1v) is 12.1. The Labute approximate surface area is 200 Å². The van der Waals surface area contributed by atoms with Crippen LogP contribution in [0.5, 0.6) is 11.5 Å². The topological polar surface area (TPSA) is 68.3 Å². The van der Waals surface area contributed by atoms with Crippen molar-refractivity contribution >= 4 is 23.3 Å². The molecule has 0 saturated heterocycles. The predicted molar refractivity (Wildman–Crippen MR) is 126 cm³/mol. The van der Waals surface area contributed by atoms with Gasteiger partial charge in [0.25, 0.3) is 5.91 Å². The Balaban J connectivity index is 1.73. The monoisotopic (exact) mass is 476 g/mol. The number of carbonyl (C=O) groups excluding carboxylic acids is 2. The van der Waals surface area contributed by atoms with Crippen LogP contribution in [0.15, 0.2) is 29.5 Å². The highest BCUT2D eigenvalue weighted by Crippen LogP contribution is 2.48. The molecule has 0 N–H and O–H groups in total. The Bertz CT molecular complexity index is 947. The molecule has 0 spiro atoms. The second-order valence-electron chi connectivity index (χ2n) is 9.18. The fraction of sp³-hybridized carbons (Fsp3) is 0.600. The molecule has 4 unspecified atom stereocenters. The largest absolute Gasteiger partial charge is 0.493 e. The molecule has 2 aliphatic heterocycles. The number of hydrogen-bond donors (Lipinski definition) is 0. The van der Waals surface area contributed by atoms with Crippen LogP contribution in [0.3, 0.4) is 0 Å². The van der Waals surface area contributed by atoms with E-state index in [0.717, 1.165) is 24.9 Å². The molecule has 1 fully saturated rings. The van der Waals surface area contributed by atoms with Crippen molar-refractivity contribution in [3.05, 3.63) is 35.1 Å². The van der Waals surface area contributed by atoms with Gasteiger partial charge in [0, 0.05) is 11.9 Å². The first-order valence-electron chi connectivity index (χ1n) is 11.7. The van der Waals surface area contributed by atoms with Crippen LogP contribution in [0.2, 0.25) is 0 Å². The van der Waals surface area contributed by atoms with Crippen LogP contribution in [0, 0.1) is 5.92 Å². The SMILES string of the molecule is CCOc1ccc(C2C3=C(OC4CCC(Cl)CC4C3=O)C(=O)N2CCCN(C)C)cc1OC. The van der Waals surface area contributed by atoms with E-state index >= 15 is 0 Å². The van der Waals surface area contributed by atoms with Crippen molar-refractivity contribution in [1.82, 2.24) is 9.80 Å². The zero-order valence-corrected chi connectivity index (χ0v) is 20.6. The lowest BCUT2D eigenvalue weighted by Crippen LogP contribution is -2.41. The van der Waals surface area contributed by atoms with Crippen LogP contribution >= 0.6 is 11.6 Å². The maximum Gasteiger partial charge on any atom is 0.290 e. The maximum atomic E-state index is 13.7. The summed E-state index contributed by atoms with van der Waals surface area (Å²) >= 11 is 6.40. The van der Waals surface area contributed by atoms with Crippen molar-refractivity contribution in [2.24, 2.45) is 5.92 Å². The Morgan fingerprint density at radius 3 is 2.70 bits per heavy atom. The molecule has 4 atom stereocenters. The van der Waals surface area contributed by atoms with E-state index in [1.54, 1.807) is 12.0 Å². The summed E-state index contributed by atoms with van der Waals surface area (Å²) in [6.07, 6.45) is 2.58. The molecule has 1 aromatic rings. The van der Waals surface area contributed by atoms with E-state index in [4.69, 9.17) is 25.8 Å². The van der Waals surface area contributed by atoms with Gasteiger partial charge in [0.05, 0.1) is 31.2 Å². The fourth-order valence-electron chi connectivity index (χ4n) is 5.13. The quantitative estimate of drug-likeness (QED) is 0.534. The standard InChI is InChI=1S/C25H33ClN2O5/c1-5-32-19-9-7-15(13-20(19)31-4)22-21-23(29)17-14-16(26)8-10-18(17)33-24(21)25(30)28(22)12-6-11-27(2)3/h7,9,13,16-18,22H,5-6,8,10-12,14H2,1-4H3. The van der Waals surface area contributed by atoms with Gasteiger partial charge in [0.1, 0.15) is 6.10 Å². The Hall–Kier alpha value is -2.25. The molecule has 0 radical (unpaired) electrons.